The highest BCUT2D eigenvalue weighted by Gasteiger charge is 2.32. The molecule has 13 nitrogen and oxygen atoms in total. The molecule has 1 unspecified atom stereocenters. The topological polar surface area (TPSA) is 185 Å². The van der Waals surface area contributed by atoms with E-state index in [0.717, 1.165) is 41.0 Å². The van der Waals surface area contributed by atoms with Gasteiger partial charge in [0, 0.05) is 60.0 Å². The minimum atomic E-state index is -0.656. The summed E-state index contributed by atoms with van der Waals surface area (Å²) in [4.78, 5) is 52.1. The molecule has 0 bridgehead atoms. The van der Waals surface area contributed by atoms with Crippen LogP contribution in [0.25, 0.3) is 22.5 Å². The number of aromatic nitrogens is 3. The Kier molecular flexibility index (Phi) is 16.6. The Bertz CT molecular complexity index is 1930. The van der Waals surface area contributed by atoms with Gasteiger partial charge in [0.25, 0.3) is 0 Å². The van der Waals surface area contributed by atoms with Crippen molar-refractivity contribution in [3.8, 4) is 22.5 Å². The molecule has 0 spiro atoms. The summed E-state index contributed by atoms with van der Waals surface area (Å²) in [6.07, 6.45) is 3.16. The molecule has 1 aromatic heterocycles. The lowest BCUT2D eigenvalue weighted by Crippen LogP contribution is -2.49. The van der Waals surface area contributed by atoms with E-state index in [-0.39, 0.29) is 36.5 Å². The van der Waals surface area contributed by atoms with Gasteiger partial charge in [-0.25, -0.2) is 4.68 Å². The van der Waals surface area contributed by atoms with Crippen LogP contribution in [0.2, 0.25) is 0 Å². The van der Waals surface area contributed by atoms with E-state index in [1.165, 1.54) is 0 Å². The fourth-order valence-electron chi connectivity index (χ4n) is 6.47. The molecule has 0 saturated heterocycles. The number of nitrogens with one attached hydrogen (secondary N) is 1. The lowest BCUT2D eigenvalue weighted by atomic mass is 9.89. The Balaban J connectivity index is 1.39. The fraction of sp³-hybridized carbons (Fsp3) is 0.591. The van der Waals surface area contributed by atoms with Crippen LogP contribution < -0.4 is 21.7 Å². The number of aryl methyl sites for hydroxylation is 1. The normalized spacial score (nSPS) is 13.7. The summed E-state index contributed by atoms with van der Waals surface area (Å²) < 4.78 is 14.4. The first-order chi connectivity index (χ1) is 27.6. The smallest absolute Gasteiger partial charge is 0.227 e. The molecule has 15 heteroatoms. The number of para-hydroxylation sites is 1. The van der Waals surface area contributed by atoms with Gasteiger partial charge in [-0.1, -0.05) is 90.0 Å². The highest BCUT2D eigenvalue weighted by Crippen LogP contribution is 2.41. The molecule has 3 aromatic rings. The van der Waals surface area contributed by atoms with E-state index in [1.807, 2.05) is 109 Å². The van der Waals surface area contributed by atoms with Gasteiger partial charge < -0.3 is 31.2 Å². The third-order valence-electron chi connectivity index (χ3n) is 10.6. The lowest BCUT2D eigenvalue weighted by molar-refractivity contribution is -0.128. The molecule has 2 aromatic carbocycles. The van der Waals surface area contributed by atoms with Crippen LogP contribution in [0.15, 0.2) is 48.5 Å². The van der Waals surface area contributed by atoms with E-state index in [9.17, 15) is 19.2 Å². The Morgan fingerprint density at radius 1 is 0.847 bits per heavy atom. The zero-order chi connectivity index (χ0) is 43.6. The first-order valence-corrected chi connectivity index (χ1v) is 22.8. The summed E-state index contributed by atoms with van der Waals surface area (Å²) in [7, 11) is 3.51. The zero-order valence-electron chi connectivity index (χ0n) is 36.4. The summed E-state index contributed by atoms with van der Waals surface area (Å²) in [5.74, 6) is -0.145. The SMILES string of the molecule is CC(CCC(N)=O)SSCCC(C)(C)OCC(C)(C)NC(=O)CCC(=O)N1Cc2ccccc2-c2c(nnn2CCC(C)(C)OCCC(C)(C)C(N)=O)-c2ccccc21. The van der Waals surface area contributed by atoms with E-state index >= 15 is 0 Å². The molecule has 1 atom stereocenters. The van der Waals surface area contributed by atoms with Crippen molar-refractivity contribution < 1.29 is 28.7 Å². The third kappa shape index (κ3) is 14.4. The molecule has 59 heavy (non-hydrogen) atoms. The summed E-state index contributed by atoms with van der Waals surface area (Å²) in [5, 5.41) is 12.7. The molecule has 0 aliphatic carbocycles. The van der Waals surface area contributed by atoms with Gasteiger partial charge in [0.2, 0.25) is 23.6 Å². The van der Waals surface area contributed by atoms with Crippen molar-refractivity contribution >= 4 is 50.9 Å². The van der Waals surface area contributed by atoms with Crippen molar-refractivity contribution in [2.45, 2.75) is 142 Å². The highest BCUT2D eigenvalue weighted by atomic mass is 33.1. The molecular weight excluding hydrogens is 787 g/mol. The Hall–Kier alpha value is -3.92. The van der Waals surface area contributed by atoms with Crippen LogP contribution in [0.4, 0.5) is 5.69 Å². The quantitative estimate of drug-likeness (QED) is 0.0640. The van der Waals surface area contributed by atoms with E-state index in [2.05, 4.69) is 22.6 Å². The van der Waals surface area contributed by atoms with Crippen molar-refractivity contribution in [1.29, 1.82) is 0 Å². The minimum absolute atomic E-state index is 0.0166. The largest absolute Gasteiger partial charge is 0.375 e. The van der Waals surface area contributed by atoms with E-state index in [4.69, 9.17) is 20.9 Å². The molecule has 324 valence electrons. The van der Waals surface area contributed by atoms with Crippen LogP contribution >= 0.6 is 21.6 Å². The van der Waals surface area contributed by atoms with Gasteiger partial charge in [0.15, 0.2) is 0 Å². The predicted octanol–water partition coefficient (Wildman–Crippen LogP) is 7.44. The van der Waals surface area contributed by atoms with Gasteiger partial charge >= 0.3 is 0 Å². The number of carbonyl (C=O) groups excluding carboxylic acids is 4. The van der Waals surface area contributed by atoms with Crippen molar-refractivity contribution in [2.75, 3.05) is 23.9 Å². The number of amides is 4. The van der Waals surface area contributed by atoms with Gasteiger partial charge in [0.1, 0.15) is 5.69 Å². The van der Waals surface area contributed by atoms with Crippen molar-refractivity contribution in [1.82, 2.24) is 20.3 Å². The average molecular weight is 852 g/mol. The first kappa shape index (κ1) is 47.8. The van der Waals surface area contributed by atoms with Gasteiger partial charge in [-0.15, -0.1) is 5.10 Å². The molecule has 1 aliphatic rings. The van der Waals surface area contributed by atoms with E-state index in [0.29, 0.717) is 62.2 Å². The number of hydrogen-bond acceptors (Lipinski definition) is 10. The third-order valence-corrected chi connectivity index (χ3v) is 13.5. The minimum Gasteiger partial charge on any atom is -0.375 e. The molecular formula is C44H65N7O6S2. The number of nitrogens with two attached hydrogens (primary N) is 2. The van der Waals surface area contributed by atoms with Crippen LogP contribution in [-0.2, 0) is 41.7 Å². The van der Waals surface area contributed by atoms with Gasteiger partial charge in [0.05, 0.1) is 41.3 Å². The van der Waals surface area contributed by atoms with E-state index < -0.39 is 22.2 Å². The molecule has 1 aliphatic heterocycles. The van der Waals surface area contributed by atoms with E-state index in [1.54, 1.807) is 26.5 Å². The number of primary amides is 2. The van der Waals surface area contributed by atoms with Gasteiger partial charge in [-0.3, -0.25) is 19.2 Å². The number of anilines is 1. The lowest BCUT2D eigenvalue weighted by Gasteiger charge is -2.33. The number of hydrogen-bond donors (Lipinski definition) is 3. The number of carbonyl (C=O) groups is 4. The first-order valence-electron chi connectivity index (χ1n) is 20.5. The number of benzene rings is 2. The summed E-state index contributed by atoms with van der Waals surface area (Å²) in [6.45, 7) is 19.3. The van der Waals surface area contributed by atoms with Crippen LogP contribution in [0, 0.1) is 5.41 Å². The Morgan fingerprint density at radius 2 is 1.51 bits per heavy atom. The molecule has 2 heterocycles. The fourth-order valence-corrected chi connectivity index (χ4v) is 9.11. The van der Waals surface area contributed by atoms with Crippen molar-refractivity contribution in [2.24, 2.45) is 16.9 Å². The number of ether oxygens (including phenoxy) is 2. The molecule has 4 amide bonds. The monoisotopic (exact) mass is 851 g/mol. The predicted molar refractivity (Wildman–Crippen MR) is 238 cm³/mol. The standard InChI is InChI=1S/C44H65N7O6S2/c1-30(18-19-35(45)52)59-58-27-24-44(8,9)57-29-42(4,5)47-36(53)20-21-37(54)50-28-31-14-10-11-15-32(31)39-38(33-16-12-13-17-34(33)50)48-49-51(39)25-22-43(6,7)56-26-23-41(2,3)40(46)55/h10-17,30H,18-29H2,1-9H3,(H2,45,52)(H2,46,55)(H,47,53). The summed E-state index contributed by atoms with van der Waals surface area (Å²) in [5.41, 5.74) is 13.5. The second-order valence-electron chi connectivity index (χ2n) is 18.0. The number of rotatable bonds is 23. The van der Waals surface area contributed by atoms with Crippen molar-refractivity contribution in [3.05, 3.63) is 54.1 Å². The number of nitrogens with zero attached hydrogens (tertiary/aromatic N) is 4. The van der Waals surface area contributed by atoms with Crippen molar-refractivity contribution in [3.63, 3.8) is 0 Å². The number of fused-ring (bicyclic) bond motifs is 5. The average Bonchev–Trinajstić information content (AvgIpc) is 3.58. The zero-order valence-corrected chi connectivity index (χ0v) is 38.0. The van der Waals surface area contributed by atoms with Crippen LogP contribution in [0.5, 0.6) is 0 Å². The molecule has 4 rings (SSSR count). The Morgan fingerprint density at radius 3 is 2.20 bits per heavy atom. The van der Waals surface area contributed by atoms with Gasteiger partial charge in [-0.05, 0) is 78.9 Å². The van der Waals surface area contributed by atoms with Gasteiger partial charge in [-0.2, -0.15) is 0 Å². The molecule has 0 saturated carbocycles. The van der Waals surface area contributed by atoms with Crippen LogP contribution in [-0.4, -0.2) is 79.6 Å². The maximum Gasteiger partial charge on any atom is 0.227 e. The second-order valence-corrected chi connectivity index (χ2v) is 20.9. The molecule has 0 radical (unpaired) electrons. The summed E-state index contributed by atoms with van der Waals surface area (Å²) in [6, 6.07) is 15.7. The maximum absolute atomic E-state index is 14.1. The maximum atomic E-state index is 14.1. The van der Waals surface area contributed by atoms with Crippen LogP contribution in [0.1, 0.15) is 113 Å². The second kappa shape index (κ2) is 20.6. The summed E-state index contributed by atoms with van der Waals surface area (Å²) >= 11 is 0. The molecule has 0 fully saturated rings. The highest BCUT2D eigenvalue weighted by molar-refractivity contribution is 8.76. The Labute approximate surface area is 358 Å². The molecule has 5 N–H and O–H groups in total. The van der Waals surface area contributed by atoms with Crippen LogP contribution in [0.3, 0.4) is 0 Å².